The molecule has 3 aromatic rings. The van der Waals surface area contributed by atoms with Gasteiger partial charge >= 0.3 is 5.97 Å². The summed E-state index contributed by atoms with van der Waals surface area (Å²) in [6.45, 7) is 0. The molecule has 2 N–H and O–H groups in total. The predicted molar refractivity (Wildman–Crippen MR) is 140 cm³/mol. The maximum absolute atomic E-state index is 14.0. The zero-order valence-corrected chi connectivity index (χ0v) is 21.1. The maximum atomic E-state index is 14.0. The average Bonchev–Trinajstić information content (AvgIpc) is 3.28. The highest BCUT2D eigenvalue weighted by atomic mass is 19.1. The van der Waals surface area contributed by atoms with Gasteiger partial charge in [0, 0.05) is 36.1 Å². The molecule has 0 fully saturated rings. The fourth-order valence-electron chi connectivity index (χ4n) is 4.65. The molecule has 2 aromatic carbocycles. The second-order valence-corrected chi connectivity index (χ2v) is 9.57. The molecule has 2 heterocycles. The van der Waals surface area contributed by atoms with Gasteiger partial charge in [0.15, 0.2) is 12.1 Å². The number of amidine groups is 1. The molecule has 0 bridgehead atoms. The number of aliphatic imine (C=N–C) groups is 1. The monoisotopic (exact) mass is 534 g/mol. The first-order valence-electron chi connectivity index (χ1n) is 12.9. The van der Waals surface area contributed by atoms with Crippen LogP contribution in [-0.4, -0.2) is 43.2 Å². The van der Waals surface area contributed by atoms with Crippen molar-refractivity contribution in [3.63, 3.8) is 0 Å². The Morgan fingerprint density at radius 1 is 1.13 bits per heavy atom. The van der Waals surface area contributed by atoms with Crippen molar-refractivity contribution in [1.82, 2.24) is 15.0 Å². The van der Waals surface area contributed by atoms with E-state index in [1.54, 1.807) is 53.5 Å². The van der Waals surface area contributed by atoms with Gasteiger partial charge in [-0.05, 0) is 61.6 Å². The highest BCUT2D eigenvalue weighted by Crippen LogP contribution is 2.39. The van der Waals surface area contributed by atoms with E-state index in [1.807, 2.05) is 0 Å². The number of hydrogen-bond acceptors (Lipinski definition) is 7. The first kappa shape index (κ1) is 26.4. The molecular weight excluding hydrogens is 506 g/mol. The molecule has 39 heavy (non-hydrogen) atoms. The normalized spacial score (nSPS) is 18.8. The summed E-state index contributed by atoms with van der Waals surface area (Å²) < 4.78 is 32.7. The van der Waals surface area contributed by atoms with Gasteiger partial charge in [0.1, 0.15) is 17.8 Å². The molecule has 202 valence electrons. The summed E-state index contributed by atoms with van der Waals surface area (Å²) in [6.07, 6.45) is 5.62. The van der Waals surface area contributed by atoms with Crippen molar-refractivity contribution < 1.29 is 28.3 Å². The number of aromatic nitrogens is 2. The third-order valence-corrected chi connectivity index (χ3v) is 6.65. The summed E-state index contributed by atoms with van der Waals surface area (Å²) in [5, 5.41) is 24.4. The van der Waals surface area contributed by atoms with E-state index < -0.39 is 18.4 Å². The summed E-state index contributed by atoms with van der Waals surface area (Å²) in [5.74, 6) is 0.111. The third-order valence-electron chi connectivity index (χ3n) is 6.65. The molecule has 0 amide bonds. The van der Waals surface area contributed by atoms with Gasteiger partial charge in [0.2, 0.25) is 0 Å². The number of halogens is 2. The van der Waals surface area contributed by atoms with Crippen molar-refractivity contribution in [2.75, 3.05) is 0 Å². The van der Waals surface area contributed by atoms with E-state index in [2.05, 4.69) is 10.1 Å². The lowest BCUT2D eigenvalue weighted by Gasteiger charge is -2.36. The molecular formula is C29H28F2N4O4. The number of alkyl halides is 1. The average molecular weight is 535 g/mol. The Kier molecular flexibility index (Phi) is 7.92. The van der Waals surface area contributed by atoms with Gasteiger partial charge in [0.25, 0.3) is 5.89 Å². The fourth-order valence-corrected chi connectivity index (χ4v) is 4.65. The lowest BCUT2D eigenvalue weighted by Crippen LogP contribution is -2.36. The Balaban J connectivity index is 1.42. The van der Waals surface area contributed by atoms with Gasteiger partial charge in [-0.2, -0.15) is 4.98 Å². The van der Waals surface area contributed by atoms with Crippen LogP contribution in [0.3, 0.4) is 0 Å². The lowest BCUT2D eigenvalue weighted by molar-refractivity contribution is -0.137. The number of hydrogen-bond donors (Lipinski definition) is 2. The van der Waals surface area contributed by atoms with Gasteiger partial charge in [-0.25, -0.2) is 13.8 Å². The first-order valence-corrected chi connectivity index (χ1v) is 12.9. The Morgan fingerprint density at radius 3 is 2.74 bits per heavy atom. The van der Waals surface area contributed by atoms with Crippen molar-refractivity contribution in [1.29, 1.82) is 0 Å². The van der Waals surface area contributed by atoms with Crippen LogP contribution in [0.15, 0.2) is 75.9 Å². The number of aliphatic hydroxyl groups is 1. The number of aliphatic hydroxyl groups excluding tert-OH is 1. The van der Waals surface area contributed by atoms with Crippen molar-refractivity contribution in [2.24, 2.45) is 4.99 Å². The first-order chi connectivity index (χ1) is 18.9. The van der Waals surface area contributed by atoms with E-state index >= 15 is 0 Å². The largest absolute Gasteiger partial charge is 0.481 e. The number of allylic oxidation sites excluding steroid dienone is 3. The Hall–Kier alpha value is -4.18. The van der Waals surface area contributed by atoms with E-state index in [1.165, 1.54) is 12.1 Å². The second kappa shape index (κ2) is 11.7. The topological polar surface area (TPSA) is 112 Å². The fraction of sp³-hybridized carbons (Fsp3) is 0.310. The molecule has 1 aromatic heterocycles. The Morgan fingerprint density at radius 2 is 1.95 bits per heavy atom. The number of benzene rings is 2. The zero-order valence-electron chi connectivity index (χ0n) is 21.1. The molecule has 2 atom stereocenters. The van der Waals surface area contributed by atoms with Gasteiger partial charge in [-0.3, -0.25) is 9.69 Å². The number of unbranched alkanes of at least 4 members (excludes halogenated alkanes) is 1. The predicted octanol–water partition coefficient (Wildman–Crippen LogP) is 6.02. The summed E-state index contributed by atoms with van der Waals surface area (Å²) in [6, 6.07) is 11.4. The third kappa shape index (κ3) is 6.28. The van der Waals surface area contributed by atoms with Crippen LogP contribution in [0.5, 0.6) is 0 Å². The van der Waals surface area contributed by atoms with E-state index in [4.69, 9.17) is 14.6 Å². The molecule has 8 nitrogen and oxygen atoms in total. The SMILES string of the molecule is O=C(O)CCCCC1=Nc2cc(-c3nc(Cc4ccc(F)cc4)no3)ccc2C(O)N1C1=CCC(F)CC=C1. The molecule has 1 aliphatic carbocycles. The van der Waals surface area contributed by atoms with Crippen LogP contribution in [0.25, 0.3) is 11.5 Å². The molecule has 0 spiro atoms. The quantitative estimate of drug-likeness (QED) is 0.323. The van der Waals surface area contributed by atoms with Gasteiger partial charge in [-0.1, -0.05) is 35.5 Å². The minimum Gasteiger partial charge on any atom is -0.481 e. The van der Waals surface area contributed by atoms with Crippen molar-refractivity contribution in [3.05, 3.63) is 89.2 Å². The van der Waals surface area contributed by atoms with Crippen LogP contribution in [0, 0.1) is 5.82 Å². The summed E-state index contributed by atoms with van der Waals surface area (Å²) in [5.41, 5.74) is 3.21. The molecule has 0 saturated carbocycles. The zero-order chi connectivity index (χ0) is 27.4. The summed E-state index contributed by atoms with van der Waals surface area (Å²) in [4.78, 5) is 21.9. The minimum atomic E-state index is -1.06. The molecule has 0 saturated heterocycles. The highest BCUT2D eigenvalue weighted by Gasteiger charge is 2.31. The van der Waals surface area contributed by atoms with Gasteiger partial charge in [-0.15, -0.1) is 0 Å². The molecule has 2 aliphatic rings. The Bertz CT molecular complexity index is 1430. The lowest BCUT2D eigenvalue weighted by atomic mass is 10.0. The van der Waals surface area contributed by atoms with Gasteiger partial charge < -0.3 is 14.7 Å². The molecule has 0 radical (unpaired) electrons. The van der Waals surface area contributed by atoms with Crippen LogP contribution in [0.1, 0.15) is 61.7 Å². The van der Waals surface area contributed by atoms with Crippen LogP contribution >= 0.6 is 0 Å². The van der Waals surface area contributed by atoms with E-state index in [0.717, 1.165) is 5.56 Å². The smallest absolute Gasteiger partial charge is 0.303 e. The number of carboxylic acids is 1. The number of carbonyl (C=O) groups is 1. The number of aliphatic carboxylic acids is 1. The van der Waals surface area contributed by atoms with Gasteiger partial charge in [0.05, 0.1) is 5.69 Å². The van der Waals surface area contributed by atoms with E-state index in [-0.39, 0.29) is 24.5 Å². The minimum absolute atomic E-state index is 0.0418. The van der Waals surface area contributed by atoms with Crippen LogP contribution in [0.4, 0.5) is 14.5 Å². The summed E-state index contributed by atoms with van der Waals surface area (Å²) in [7, 11) is 0. The van der Waals surface area contributed by atoms with Crippen LogP contribution in [-0.2, 0) is 11.2 Å². The van der Waals surface area contributed by atoms with Crippen molar-refractivity contribution in [2.45, 2.75) is 57.3 Å². The van der Waals surface area contributed by atoms with Crippen molar-refractivity contribution >= 4 is 17.5 Å². The molecule has 1 aliphatic heterocycles. The maximum Gasteiger partial charge on any atom is 0.303 e. The van der Waals surface area contributed by atoms with Crippen LogP contribution in [0.2, 0.25) is 0 Å². The Labute approximate surface area is 224 Å². The molecule has 10 heteroatoms. The van der Waals surface area contributed by atoms with E-state index in [9.17, 15) is 18.7 Å². The number of rotatable bonds is 9. The molecule has 2 unspecified atom stereocenters. The van der Waals surface area contributed by atoms with Crippen LogP contribution < -0.4 is 0 Å². The number of nitrogens with zero attached hydrogens (tertiary/aromatic N) is 4. The number of fused-ring (bicyclic) bond motifs is 1. The van der Waals surface area contributed by atoms with Crippen molar-refractivity contribution in [3.8, 4) is 11.5 Å². The highest BCUT2D eigenvalue weighted by molar-refractivity contribution is 5.90. The second-order valence-electron chi connectivity index (χ2n) is 9.57. The standard InChI is InChI=1S/C29H28F2N4O4/c30-20-4-3-5-22(14-13-20)35-26(6-1-2-7-27(36)37)32-24-17-19(10-15-23(24)29(35)38)28-33-25(34-39-28)16-18-8-11-21(31)12-9-18/h3,5,8-12,14-15,17,20,29,38H,1-2,4,6-7,13,16H2,(H,36,37). The number of carboxylic acid groups (broad SMARTS) is 1. The summed E-state index contributed by atoms with van der Waals surface area (Å²) >= 11 is 0. The molecule has 5 rings (SSSR count). The van der Waals surface area contributed by atoms with E-state index in [0.29, 0.717) is 66.3 Å².